The molecule has 6 heteroatoms. The van der Waals surface area contributed by atoms with Crippen LogP contribution in [0, 0.1) is 0 Å². The van der Waals surface area contributed by atoms with Gasteiger partial charge in [-0.25, -0.2) is 14.6 Å². The van der Waals surface area contributed by atoms with Crippen molar-refractivity contribution in [3.63, 3.8) is 0 Å². The molecule has 0 aliphatic heterocycles. The summed E-state index contributed by atoms with van der Waals surface area (Å²) >= 11 is 0. The van der Waals surface area contributed by atoms with E-state index >= 15 is 0 Å². The van der Waals surface area contributed by atoms with E-state index in [1.807, 2.05) is 4.68 Å². The number of nitrogen functional groups attached to an aromatic ring is 1. The number of hydrogen-bond donors (Lipinski definition) is 1. The van der Waals surface area contributed by atoms with Gasteiger partial charge in [0.05, 0.1) is 6.04 Å². The molecule has 92 valence electrons. The SMILES string of the molecule is CCCC(CCC)n1nnc2c(N)ncnc21. The summed E-state index contributed by atoms with van der Waals surface area (Å²) in [7, 11) is 0. The number of rotatable bonds is 5. The summed E-state index contributed by atoms with van der Waals surface area (Å²) in [5.41, 5.74) is 7.09. The maximum Gasteiger partial charge on any atom is 0.184 e. The van der Waals surface area contributed by atoms with Gasteiger partial charge in [-0.3, -0.25) is 0 Å². The molecule has 2 rings (SSSR count). The van der Waals surface area contributed by atoms with E-state index < -0.39 is 0 Å². The fourth-order valence-electron chi connectivity index (χ4n) is 2.08. The van der Waals surface area contributed by atoms with Gasteiger partial charge >= 0.3 is 0 Å². The van der Waals surface area contributed by atoms with Crippen molar-refractivity contribution < 1.29 is 0 Å². The molecule has 0 radical (unpaired) electrons. The minimum absolute atomic E-state index is 0.351. The van der Waals surface area contributed by atoms with Crippen LogP contribution in [0.25, 0.3) is 11.2 Å². The first-order valence-corrected chi connectivity index (χ1v) is 6.09. The Bertz CT molecular complexity index is 486. The molecule has 0 spiro atoms. The van der Waals surface area contributed by atoms with Gasteiger partial charge in [0.1, 0.15) is 6.33 Å². The first-order chi connectivity index (χ1) is 8.27. The summed E-state index contributed by atoms with van der Waals surface area (Å²) in [6, 6.07) is 0.351. The number of nitrogens with two attached hydrogens (primary N) is 1. The lowest BCUT2D eigenvalue weighted by molar-refractivity contribution is 0.391. The third kappa shape index (κ3) is 2.20. The van der Waals surface area contributed by atoms with Gasteiger partial charge in [0.2, 0.25) is 0 Å². The normalized spacial score (nSPS) is 11.5. The van der Waals surface area contributed by atoms with Crippen molar-refractivity contribution in [2.24, 2.45) is 0 Å². The molecule has 2 aromatic heterocycles. The minimum atomic E-state index is 0.351. The van der Waals surface area contributed by atoms with E-state index in [0.29, 0.717) is 17.4 Å². The van der Waals surface area contributed by atoms with Crippen molar-refractivity contribution in [3.05, 3.63) is 6.33 Å². The highest BCUT2D eigenvalue weighted by Crippen LogP contribution is 2.23. The highest BCUT2D eigenvalue weighted by atomic mass is 15.5. The molecule has 6 nitrogen and oxygen atoms in total. The van der Waals surface area contributed by atoms with Gasteiger partial charge in [0.25, 0.3) is 0 Å². The summed E-state index contributed by atoms with van der Waals surface area (Å²) in [6.07, 6.45) is 5.86. The highest BCUT2D eigenvalue weighted by Gasteiger charge is 2.16. The van der Waals surface area contributed by atoms with E-state index in [1.54, 1.807) is 0 Å². The maximum atomic E-state index is 5.75. The highest BCUT2D eigenvalue weighted by molar-refractivity contribution is 5.80. The summed E-state index contributed by atoms with van der Waals surface area (Å²) in [5, 5.41) is 8.24. The molecular formula is C11H18N6. The van der Waals surface area contributed by atoms with Crippen LogP contribution in [-0.4, -0.2) is 25.0 Å². The quantitative estimate of drug-likeness (QED) is 0.854. The first kappa shape index (κ1) is 11.8. The molecule has 0 saturated heterocycles. The van der Waals surface area contributed by atoms with Gasteiger partial charge in [-0.05, 0) is 12.8 Å². The summed E-state index contributed by atoms with van der Waals surface area (Å²) in [5.74, 6) is 0.396. The second-order valence-corrected chi connectivity index (χ2v) is 4.20. The Kier molecular flexibility index (Phi) is 3.51. The monoisotopic (exact) mass is 234 g/mol. The predicted octanol–water partition coefficient (Wildman–Crippen LogP) is 1.94. The van der Waals surface area contributed by atoms with Crippen molar-refractivity contribution in [1.82, 2.24) is 25.0 Å². The number of hydrogen-bond acceptors (Lipinski definition) is 5. The molecule has 0 aliphatic carbocycles. The van der Waals surface area contributed by atoms with Gasteiger partial charge in [0.15, 0.2) is 17.0 Å². The van der Waals surface area contributed by atoms with Crippen LogP contribution in [0.4, 0.5) is 5.82 Å². The van der Waals surface area contributed by atoms with E-state index in [0.717, 1.165) is 31.3 Å². The minimum Gasteiger partial charge on any atom is -0.382 e. The maximum absolute atomic E-state index is 5.75. The second-order valence-electron chi connectivity index (χ2n) is 4.20. The zero-order valence-electron chi connectivity index (χ0n) is 10.3. The van der Waals surface area contributed by atoms with E-state index in [-0.39, 0.29) is 0 Å². The molecule has 0 aliphatic rings. The molecule has 2 N–H and O–H groups in total. The Morgan fingerprint density at radius 1 is 1.24 bits per heavy atom. The van der Waals surface area contributed by atoms with E-state index in [4.69, 9.17) is 5.73 Å². The third-order valence-electron chi connectivity index (χ3n) is 2.88. The molecule has 0 unspecified atom stereocenters. The van der Waals surface area contributed by atoms with E-state index in [1.165, 1.54) is 6.33 Å². The summed E-state index contributed by atoms with van der Waals surface area (Å²) in [4.78, 5) is 8.16. The summed E-state index contributed by atoms with van der Waals surface area (Å²) < 4.78 is 1.89. The van der Waals surface area contributed by atoms with Crippen LogP contribution >= 0.6 is 0 Å². The van der Waals surface area contributed by atoms with E-state index in [9.17, 15) is 0 Å². The molecule has 0 saturated carbocycles. The van der Waals surface area contributed by atoms with Crippen molar-refractivity contribution >= 4 is 17.0 Å². The van der Waals surface area contributed by atoms with Crippen LogP contribution in [0.5, 0.6) is 0 Å². The fourth-order valence-corrected chi connectivity index (χ4v) is 2.08. The number of nitrogens with zero attached hydrogens (tertiary/aromatic N) is 5. The molecule has 0 atom stereocenters. The lowest BCUT2D eigenvalue weighted by Gasteiger charge is -2.15. The lowest BCUT2D eigenvalue weighted by Crippen LogP contribution is -2.11. The Hall–Kier alpha value is -1.72. The number of aromatic nitrogens is 5. The zero-order chi connectivity index (χ0) is 12.3. The smallest absolute Gasteiger partial charge is 0.184 e. The Labute approximate surface area is 100 Å². The molecule has 0 aromatic carbocycles. The molecule has 0 bridgehead atoms. The number of fused-ring (bicyclic) bond motifs is 1. The molecule has 0 fully saturated rings. The van der Waals surface area contributed by atoms with Crippen LogP contribution in [0.2, 0.25) is 0 Å². The van der Waals surface area contributed by atoms with Crippen molar-refractivity contribution in [2.75, 3.05) is 5.73 Å². The van der Waals surface area contributed by atoms with Crippen molar-refractivity contribution in [3.8, 4) is 0 Å². The third-order valence-corrected chi connectivity index (χ3v) is 2.88. The van der Waals surface area contributed by atoms with Crippen LogP contribution in [0.3, 0.4) is 0 Å². The Morgan fingerprint density at radius 2 is 1.94 bits per heavy atom. The molecule has 2 aromatic rings. The van der Waals surface area contributed by atoms with E-state index in [2.05, 4.69) is 34.1 Å². The number of anilines is 1. The Balaban J connectivity index is 2.42. The average molecular weight is 234 g/mol. The first-order valence-electron chi connectivity index (χ1n) is 6.09. The van der Waals surface area contributed by atoms with Gasteiger partial charge in [0, 0.05) is 0 Å². The topological polar surface area (TPSA) is 82.5 Å². The zero-order valence-corrected chi connectivity index (χ0v) is 10.3. The van der Waals surface area contributed by atoms with Gasteiger partial charge < -0.3 is 5.73 Å². The Morgan fingerprint density at radius 3 is 2.59 bits per heavy atom. The average Bonchev–Trinajstić information content (AvgIpc) is 2.74. The molecule has 0 amide bonds. The predicted molar refractivity (Wildman–Crippen MR) is 66.4 cm³/mol. The lowest BCUT2D eigenvalue weighted by atomic mass is 10.1. The largest absolute Gasteiger partial charge is 0.382 e. The second kappa shape index (κ2) is 5.07. The van der Waals surface area contributed by atoms with Crippen LogP contribution in [-0.2, 0) is 0 Å². The van der Waals surface area contributed by atoms with Gasteiger partial charge in [-0.15, -0.1) is 5.10 Å². The fraction of sp³-hybridized carbons (Fsp3) is 0.636. The van der Waals surface area contributed by atoms with Crippen LogP contribution < -0.4 is 5.73 Å². The van der Waals surface area contributed by atoms with Crippen molar-refractivity contribution in [2.45, 2.75) is 45.6 Å². The van der Waals surface area contributed by atoms with Crippen LogP contribution in [0.1, 0.15) is 45.6 Å². The van der Waals surface area contributed by atoms with Crippen LogP contribution in [0.15, 0.2) is 6.33 Å². The molecular weight excluding hydrogens is 216 g/mol. The molecule has 2 heterocycles. The van der Waals surface area contributed by atoms with Gasteiger partial charge in [-0.2, -0.15) is 0 Å². The standard InChI is InChI=1S/C11H18N6/c1-3-5-8(6-4-2)17-11-9(15-16-17)10(12)13-7-14-11/h7-8H,3-6H2,1-2H3,(H2,12,13,14). The molecule has 17 heavy (non-hydrogen) atoms. The summed E-state index contributed by atoms with van der Waals surface area (Å²) in [6.45, 7) is 4.34. The van der Waals surface area contributed by atoms with Crippen molar-refractivity contribution in [1.29, 1.82) is 0 Å². The van der Waals surface area contributed by atoms with Gasteiger partial charge in [-0.1, -0.05) is 31.9 Å².